The van der Waals surface area contributed by atoms with Gasteiger partial charge in [0, 0.05) is 18.5 Å². The van der Waals surface area contributed by atoms with E-state index in [-0.39, 0.29) is 5.92 Å². The summed E-state index contributed by atoms with van der Waals surface area (Å²) in [5.41, 5.74) is 4.42. The van der Waals surface area contributed by atoms with Crippen LogP contribution in [0.25, 0.3) is 0 Å². The number of nitrogens with zero attached hydrogens (tertiary/aromatic N) is 1. The summed E-state index contributed by atoms with van der Waals surface area (Å²) in [4.78, 5) is 4.06. The summed E-state index contributed by atoms with van der Waals surface area (Å²) < 4.78 is 0. The lowest BCUT2D eigenvalue weighted by molar-refractivity contribution is 0.234. The van der Waals surface area contributed by atoms with Gasteiger partial charge in [-0.1, -0.05) is 48.6 Å². The molecule has 0 spiro atoms. The Morgan fingerprint density at radius 1 is 1.35 bits per heavy atom. The maximum Gasteiger partial charge on any atom is 0.148 e. The first kappa shape index (κ1) is 11.6. The van der Waals surface area contributed by atoms with E-state index >= 15 is 0 Å². The van der Waals surface area contributed by atoms with E-state index in [1.165, 1.54) is 5.56 Å². The number of allylic oxidation sites excluding steroid dienone is 3. The molecule has 1 aliphatic rings. The second kappa shape index (κ2) is 5.46. The predicted molar refractivity (Wildman–Crippen MR) is 69.3 cm³/mol. The normalized spacial score (nSPS) is 20.0. The van der Waals surface area contributed by atoms with Crippen molar-refractivity contribution in [3.63, 3.8) is 0 Å². The Kier molecular flexibility index (Phi) is 3.73. The number of hydroxylamine groups is 1. The molecule has 3 heteroatoms. The van der Waals surface area contributed by atoms with Gasteiger partial charge in [0.1, 0.15) is 5.84 Å². The molecule has 1 unspecified atom stereocenters. The fourth-order valence-corrected chi connectivity index (χ4v) is 2.12. The number of hydrogen-bond donors (Lipinski definition) is 2. The summed E-state index contributed by atoms with van der Waals surface area (Å²) in [6.45, 7) is 0. The van der Waals surface area contributed by atoms with Gasteiger partial charge in [-0.15, -0.1) is 0 Å². The highest BCUT2D eigenvalue weighted by Crippen LogP contribution is 2.31. The average molecular weight is 228 g/mol. The molecule has 2 N–H and O–H groups in total. The minimum absolute atomic E-state index is 0.250. The Morgan fingerprint density at radius 2 is 2.12 bits per heavy atom. The Bertz CT molecular complexity index is 460. The zero-order valence-electron chi connectivity index (χ0n) is 9.80. The summed E-state index contributed by atoms with van der Waals surface area (Å²) in [6, 6.07) is 10.3. The third-order valence-corrected chi connectivity index (χ3v) is 2.96. The molecule has 17 heavy (non-hydrogen) atoms. The van der Waals surface area contributed by atoms with Crippen LogP contribution in [0.3, 0.4) is 0 Å². The lowest BCUT2D eigenvalue weighted by Crippen LogP contribution is -2.25. The van der Waals surface area contributed by atoms with Crippen molar-refractivity contribution in [2.75, 3.05) is 7.05 Å². The van der Waals surface area contributed by atoms with Crippen LogP contribution in [0.5, 0.6) is 0 Å². The predicted octanol–water partition coefficient (Wildman–Crippen LogP) is 2.66. The van der Waals surface area contributed by atoms with E-state index in [0.29, 0.717) is 5.84 Å². The van der Waals surface area contributed by atoms with Crippen molar-refractivity contribution in [2.24, 2.45) is 4.99 Å². The van der Waals surface area contributed by atoms with Crippen LogP contribution in [-0.2, 0) is 0 Å². The number of aliphatic imine (C=N–C) groups is 1. The zero-order chi connectivity index (χ0) is 12.1. The van der Waals surface area contributed by atoms with Crippen LogP contribution in [0.1, 0.15) is 17.9 Å². The third kappa shape index (κ3) is 2.45. The molecule has 0 bridgehead atoms. The van der Waals surface area contributed by atoms with Gasteiger partial charge in [-0.05, 0) is 12.0 Å². The minimum atomic E-state index is 0.250. The average Bonchev–Trinajstić information content (AvgIpc) is 2.42. The molecule has 2 rings (SSSR count). The Balaban J connectivity index is 2.35. The van der Waals surface area contributed by atoms with E-state index in [2.05, 4.69) is 28.7 Å². The van der Waals surface area contributed by atoms with E-state index in [1.807, 2.05) is 30.4 Å². The quantitative estimate of drug-likeness (QED) is 0.464. The molecule has 0 aliphatic heterocycles. The smallest absolute Gasteiger partial charge is 0.148 e. The number of benzene rings is 1. The topological polar surface area (TPSA) is 44.6 Å². The molecule has 0 saturated carbocycles. The van der Waals surface area contributed by atoms with Crippen molar-refractivity contribution in [3.8, 4) is 0 Å². The summed E-state index contributed by atoms with van der Waals surface area (Å²) in [7, 11) is 1.67. The van der Waals surface area contributed by atoms with Gasteiger partial charge in [0.05, 0.1) is 0 Å². The zero-order valence-corrected chi connectivity index (χ0v) is 9.80. The first-order valence-electron chi connectivity index (χ1n) is 5.65. The Labute approximate surface area is 101 Å². The highest BCUT2D eigenvalue weighted by Gasteiger charge is 2.20. The van der Waals surface area contributed by atoms with Crippen LogP contribution in [0.2, 0.25) is 0 Å². The van der Waals surface area contributed by atoms with Crippen molar-refractivity contribution in [3.05, 3.63) is 59.7 Å². The van der Waals surface area contributed by atoms with E-state index < -0.39 is 0 Å². The van der Waals surface area contributed by atoms with Gasteiger partial charge in [0.25, 0.3) is 0 Å². The molecule has 0 radical (unpaired) electrons. The third-order valence-electron chi connectivity index (χ3n) is 2.96. The molecular weight excluding hydrogens is 212 g/mol. The molecule has 0 fully saturated rings. The number of amidine groups is 1. The van der Waals surface area contributed by atoms with Crippen LogP contribution in [0.15, 0.2) is 59.1 Å². The molecule has 0 amide bonds. The van der Waals surface area contributed by atoms with Crippen molar-refractivity contribution in [1.29, 1.82) is 0 Å². The number of rotatable bonds is 2. The van der Waals surface area contributed by atoms with E-state index in [0.717, 1.165) is 12.0 Å². The maximum absolute atomic E-state index is 9.10. The van der Waals surface area contributed by atoms with Gasteiger partial charge in [-0.2, -0.15) is 0 Å². The fraction of sp³-hybridized carbons (Fsp3) is 0.214. The molecule has 0 aromatic heterocycles. The lowest BCUT2D eigenvalue weighted by atomic mass is 9.85. The van der Waals surface area contributed by atoms with Crippen molar-refractivity contribution in [1.82, 2.24) is 5.48 Å². The Morgan fingerprint density at radius 3 is 2.76 bits per heavy atom. The highest BCUT2D eigenvalue weighted by atomic mass is 16.5. The van der Waals surface area contributed by atoms with E-state index in [4.69, 9.17) is 5.21 Å². The van der Waals surface area contributed by atoms with Gasteiger partial charge in [-0.25, -0.2) is 0 Å². The second-order valence-corrected chi connectivity index (χ2v) is 3.93. The first-order chi connectivity index (χ1) is 8.36. The van der Waals surface area contributed by atoms with Crippen LogP contribution >= 0.6 is 0 Å². The van der Waals surface area contributed by atoms with Gasteiger partial charge in [0.15, 0.2) is 0 Å². The van der Waals surface area contributed by atoms with Gasteiger partial charge in [0.2, 0.25) is 0 Å². The molecule has 0 saturated heterocycles. The molecule has 1 aromatic rings. The van der Waals surface area contributed by atoms with Gasteiger partial charge in [-0.3, -0.25) is 15.7 Å². The monoisotopic (exact) mass is 228 g/mol. The lowest BCUT2D eigenvalue weighted by Gasteiger charge is -2.22. The van der Waals surface area contributed by atoms with Crippen molar-refractivity contribution >= 4 is 5.84 Å². The summed E-state index contributed by atoms with van der Waals surface area (Å²) in [6.07, 6.45) is 7.05. The summed E-state index contributed by atoms with van der Waals surface area (Å²) in [5.74, 6) is 0.780. The van der Waals surface area contributed by atoms with E-state index in [1.54, 1.807) is 7.05 Å². The van der Waals surface area contributed by atoms with Gasteiger partial charge >= 0.3 is 0 Å². The molecule has 3 nitrogen and oxygen atoms in total. The minimum Gasteiger partial charge on any atom is -0.290 e. The molecule has 1 aliphatic carbocycles. The first-order valence-corrected chi connectivity index (χ1v) is 5.65. The number of hydrogen-bond acceptors (Lipinski definition) is 2. The van der Waals surface area contributed by atoms with Crippen LogP contribution in [0, 0.1) is 0 Å². The molecule has 1 aromatic carbocycles. The maximum atomic E-state index is 9.10. The molecule has 88 valence electrons. The Hall–Kier alpha value is -1.87. The van der Waals surface area contributed by atoms with Crippen molar-refractivity contribution in [2.45, 2.75) is 12.3 Å². The second-order valence-electron chi connectivity index (χ2n) is 3.93. The summed E-state index contributed by atoms with van der Waals surface area (Å²) >= 11 is 0. The standard InChI is InChI=1S/C14H16N2O/c1-15-14(16-17)13-10-6-5-9-12(13)11-7-3-2-4-8-11/h2-8,10,12,17H,9H2,1H3,(H,15,16). The SMILES string of the molecule is CN=C(NO)C1=CC=CCC1c1ccccc1. The number of nitrogens with one attached hydrogen (secondary N) is 1. The van der Waals surface area contributed by atoms with Crippen LogP contribution < -0.4 is 5.48 Å². The highest BCUT2D eigenvalue weighted by molar-refractivity contribution is 5.99. The van der Waals surface area contributed by atoms with E-state index in [9.17, 15) is 0 Å². The molecule has 0 heterocycles. The fourth-order valence-electron chi connectivity index (χ4n) is 2.12. The van der Waals surface area contributed by atoms with Gasteiger partial charge < -0.3 is 0 Å². The molecule has 1 atom stereocenters. The van der Waals surface area contributed by atoms with Crippen LogP contribution in [0.4, 0.5) is 0 Å². The van der Waals surface area contributed by atoms with Crippen molar-refractivity contribution < 1.29 is 5.21 Å². The summed E-state index contributed by atoms with van der Waals surface area (Å²) in [5, 5.41) is 9.10. The van der Waals surface area contributed by atoms with Crippen LogP contribution in [-0.4, -0.2) is 18.1 Å². The molecular formula is C14H16N2O. The largest absolute Gasteiger partial charge is 0.290 e.